The molecule has 0 amide bonds. The second-order valence-electron chi connectivity index (χ2n) is 4.70. The molecule has 0 spiro atoms. The summed E-state index contributed by atoms with van der Waals surface area (Å²) in [5, 5.41) is 1.12. The topological polar surface area (TPSA) is 60.2 Å². The van der Waals surface area contributed by atoms with E-state index in [4.69, 9.17) is 10.6 Å². The van der Waals surface area contributed by atoms with Crippen molar-refractivity contribution in [2.45, 2.75) is 26.3 Å². The fraction of sp³-hybridized carbons (Fsp3) is 0.400. The van der Waals surface area contributed by atoms with Gasteiger partial charge < -0.3 is 4.74 Å². The van der Waals surface area contributed by atoms with Crippen molar-refractivity contribution in [2.75, 3.05) is 13.2 Å². The van der Waals surface area contributed by atoms with Gasteiger partial charge in [-0.15, -0.1) is 0 Å². The maximum atomic E-state index is 5.61. The number of hydrogen-bond donors (Lipinski definition) is 2. The van der Waals surface area contributed by atoms with Crippen LogP contribution in [0.15, 0.2) is 30.3 Å². The molecule has 0 aliphatic carbocycles. The van der Waals surface area contributed by atoms with E-state index < -0.39 is 0 Å². The lowest BCUT2D eigenvalue weighted by Gasteiger charge is -2.17. The molecule has 102 valence electrons. The van der Waals surface area contributed by atoms with E-state index in [0.717, 1.165) is 35.2 Å². The molecule has 0 aliphatic heterocycles. The van der Waals surface area contributed by atoms with E-state index in [1.807, 2.05) is 19.1 Å². The zero-order valence-corrected chi connectivity index (χ0v) is 11.5. The number of nitrogens with zero attached hydrogens (tertiary/aromatic N) is 1. The first-order valence-corrected chi connectivity index (χ1v) is 6.65. The molecule has 0 bridgehead atoms. The number of fused-ring (bicyclic) bond motifs is 1. The van der Waals surface area contributed by atoms with E-state index in [0.29, 0.717) is 6.61 Å². The smallest absolute Gasteiger partial charge is 0.0705 e. The zero-order chi connectivity index (χ0) is 13.7. The van der Waals surface area contributed by atoms with Gasteiger partial charge in [0.25, 0.3) is 0 Å². The van der Waals surface area contributed by atoms with Crippen molar-refractivity contribution in [3.05, 3.63) is 41.6 Å². The number of hydrazine groups is 1. The van der Waals surface area contributed by atoms with E-state index in [2.05, 4.69) is 35.5 Å². The Balaban J connectivity index is 2.20. The van der Waals surface area contributed by atoms with Crippen molar-refractivity contribution in [1.82, 2.24) is 10.4 Å². The van der Waals surface area contributed by atoms with Crippen LogP contribution in [0.1, 0.15) is 30.6 Å². The third kappa shape index (κ3) is 3.50. The lowest BCUT2D eigenvalue weighted by atomic mass is 10.0. The van der Waals surface area contributed by atoms with E-state index in [1.54, 1.807) is 0 Å². The summed E-state index contributed by atoms with van der Waals surface area (Å²) >= 11 is 0. The van der Waals surface area contributed by atoms with Gasteiger partial charge in [0, 0.05) is 17.7 Å². The fourth-order valence-corrected chi connectivity index (χ4v) is 2.05. The molecule has 0 aliphatic rings. The first kappa shape index (κ1) is 13.9. The Hall–Kier alpha value is -1.49. The number of ether oxygens (including phenoxy) is 1. The Morgan fingerprint density at radius 2 is 2.16 bits per heavy atom. The number of hydrogen-bond acceptors (Lipinski definition) is 4. The molecule has 0 saturated heterocycles. The van der Waals surface area contributed by atoms with Gasteiger partial charge in [-0.05, 0) is 37.1 Å². The van der Waals surface area contributed by atoms with E-state index in [-0.39, 0.29) is 6.04 Å². The number of rotatable bonds is 6. The average molecular weight is 259 g/mol. The highest BCUT2D eigenvalue weighted by molar-refractivity contribution is 5.79. The molecule has 2 aromatic rings. The molecular weight excluding hydrogens is 238 g/mol. The Morgan fingerprint density at radius 3 is 2.89 bits per heavy atom. The highest BCUT2D eigenvalue weighted by Crippen LogP contribution is 2.19. The maximum Gasteiger partial charge on any atom is 0.0705 e. The van der Waals surface area contributed by atoms with E-state index in [9.17, 15) is 0 Å². The van der Waals surface area contributed by atoms with Gasteiger partial charge in [0.2, 0.25) is 0 Å². The van der Waals surface area contributed by atoms with Crippen LogP contribution in [0.2, 0.25) is 0 Å². The number of nitrogens with one attached hydrogen (secondary N) is 1. The first-order valence-electron chi connectivity index (χ1n) is 6.65. The number of pyridine rings is 1. The number of nitrogens with two attached hydrogens (primary N) is 1. The predicted molar refractivity (Wildman–Crippen MR) is 77.7 cm³/mol. The molecule has 1 heterocycles. The van der Waals surface area contributed by atoms with Gasteiger partial charge in [-0.3, -0.25) is 16.3 Å². The average Bonchev–Trinajstić information content (AvgIpc) is 2.43. The Kier molecular flexibility index (Phi) is 4.85. The molecule has 1 aromatic heterocycles. The maximum absolute atomic E-state index is 5.61. The summed E-state index contributed by atoms with van der Waals surface area (Å²) in [5.74, 6) is 5.61. The van der Waals surface area contributed by atoms with Gasteiger partial charge in [0.05, 0.1) is 18.2 Å². The second kappa shape index (κ2) is 6.61. The highest BCUT2D eigenvalue weighted by atomic mass is 16.5. The second-order valence-corrected chi connectivity index (χ2v) is 4.70. The van der Waals surface area contributed by atoms with Crippen LogP contribution in [-0.2, 0) is 4.74 Å². The lowest BCUT2D eigenvalue weighted by Crippen LogP contribution is -2.31. The fourth-order valence-electron chi connectivity index (χ4n) is 2.05. The summed E-state index contributed by atoms with van der Waals surface area (Å²) < 4.78 is 5.56. The first-order chi connectivity index (χ1) is 9.24. The zero-order valence-electron chi connectivity index (χ0n) is 11.5. The van der Waals surface area contributed by atoms with Gasteiger partial charge in [-0.1, -0.05) is 19.1 Å². The molecule has 19 heavy (non-hydrogen) atoms. The molecule has 0 saturated carbocycles. The van der Waals surface area contributed by atoms with Crippen LogP contribution in [-0.4, -0.2) is 18.2 Å². The van der Waals surface area contributed by atoms with Crippen molar-refractivity contribution in [1.29, 1.82) is 0 Å². The standard InChI is InChI=1S/C15H21N3O/c1-3-8-19-10-15(18-16)13-6-7-14-12(9-13)5-4-11(2)17-14/h4-7,9,15,18H,3,8,10,16H2,1-2H3. The van der Waals surface area contributed by atoms with Gasteiger partial charge >= 0.3 is 0 Å². The van der Waals surface area contributed by atoms with E-state index >= 15 is 0 Å². The van der Waals surface area contributed by atoms with Gasteiger partial charge in [0.1, 0.15) is 0 Å². The summed E-state index contributed by atoms with van der Waals surface area (Å²) in [5.41, 5.74) is 5.97. The van der Waals surface area contributed by atoms with Crippen molar-refractivity contribution in [3.8, 4) is 0 Å². The van der Waals surface area contributed by atoms with Crippen LogP contribution < -0.4 is 11.3 Å². The van der Waals surface area contributed by atoms with Crippen molar-refractivity contribution < 1.29 is 4.74 Å². The van der Waals surface area contributed by atoms with Crippen LogP contribution in [0.5, 0.6) is 0 Å². The van der Waals surface area contributed by atoms with Gasteiger partial charge in [0.15, 0.2) is 0 Å². The van der Waals surface area contributed by atoms with Crippen LogP contribution >= 0.6 is 0 Å². The minimum atomic E-state index is 0.0113. The Labute approximate surface area is 113 Å². The minimum absolute atomic E-state index is 0.0113. The molecule has 1 aromatic carbocycles. The third-order valence-corrected chi connectivity index (χ3v) is 3.09. The molecular formula is C15H21N3O. The van der Waals surface area contributed by atoms with Gasteiger partial charge in [-0.2, -0.15) is 0 Å². The van der Waals surface area contributed by atoms with Crippen LogP contribution in [0.25, 0.3) is 10.9 Å². The van der Waals surface area contributed by atoms with Crippen molar-refractivity contribution in [2.24, 2.45) is 5.84 Å². The summed E-state index contributed by atoms with van der Waals surface area (Å²) in [4.78, 5) is 4.49. The van der Waals surface area contributed by atoms with Crippen LogP contribution in [0.4, 0.5) is 0 Å². The molecule has 0 radical (unpaired) electrons. The normalized spacial score (nSPS) is 12.8. The molecule has 3 N–H and O–H groups in total. The Bertz CT molecular complexity index is 542. The van der Waals surface area contributed by atoms with Crippen molar-refractivity contribution >= 4 is 10.9 Å². The highest BCUT2D eigenvalue weighted by Gasteiger charge is 2.10. The molecule has 4 nitrogen and oxygen atoms in total. The largest absolute Gasteiger partial charge is 0.379 e. The monoisotopic (exact) mass is 259 g/mol. The molecule has 4 heteroatoms. The Morgan fingerprint density at radius 1 is 1.32 bits per heavy atom. The lowest BCUT2D eigenvalue weighted by molar-refractivity contribution is 0.112. The van der Waals surface area contributed by atoms with E-state index in [1.165, 1.54) is 0 Å². The molecule has 0 fully saturated rings. The quantitative estimate of drug-likeness (QED) is 0.475. The third-order valence-electron chi connectivity index (χ3n) is 3.09. The number of aryl methyl sites for hydroxylation is 1. The van der Waals surface area contributed by atoms with Crippen molar-refractivity contribution in [3.63, 3.8) is 0 Å². The summed E-state index contributed by atoms with van der Waals surface area (Å²) in [6.07, 6.45) is 1.01. The van der Waals surface area contributed by atoms with Crippen LogP contribution in [0.3, 0.4) is 0 Å². The summed E-state index contributed by atoms with van der Waals surface area (Å²) in [6.45, 7) is 5.42. The summed E-state index contributed by atoms with van der Waals surface area (Å²) in [6, 6.07) is 10.3. The van der Waals surface area contributed by atoms with Crippen LogP contribution in [0, 0.1) is 6.92 Å². The predicted octanol–water partition coefficient (Wildman–Crippen LogP) is 2.47. The van der Waals surface area contributed by atoms with Gasteiger partial charge in [-0.25, -0.2) is 0 Å². The number of aromatic nitrogens is 1. The number of benzene rings is 1. The SMILES string of the molecule is CCCOCC(NN)c1ccc2nc(C)ccc2c1. The molecule has 1 unspecified atom stereocenters. The summed E-state index contributed by atoms with van der Waals surface area (Å²) in [7, 11) is 0. The minimum Gasteiger partial charge on any atom is -0.379 e. The molecule has 2 rings (SSSR count). The molecule has 1 atom stereocenters.